The lowest BCUT2D eigenvalue weighted by Gasteiger charge is -2.09. The van der Waals surface area contributed by atoms with Gasteiger partial charge in [-0.2, -0.15) is 0 Å². The lowest BCUT2D eigenvalue weighted by molar-refractivity contribution is -0.123. The minimum atomic E-state index is -0.393. The van der Waals surface area contributed by atoms with E-state index in [-0.39, 0.29) is 43.2 Å². The van der Waals surface area contributed by atoms with Crippen LogP contribution in [-0.4, -0.2) is 30.8 Å². The molecule has 22 heavy (non-hydrogen) atoms. The van der Waals surface area contributed by atoms with E-state index >= 15 is 0 Å². The molecule has 7 nitrogen and oxygen atoms in total. The van der Waals surface area contributed by atoms with Gasteiger partial charge in [-0.25, -0.2) is 0 Å². The zero-order chi connectivity index (χ0) is 15.2. The van der Waals surface area contributed by atoms with Gasteiger partial charge in [-0.1, -0.05) is 6.07 Å². The Bertz CT molecular complexity index is 561. The van der Waals surface area contributed by atoms with Crippen LogP contribution in [0.3, 0.4) is 0 Å². The van der Waals surface area contributed by atoms with E-state index in [0.717, 1.165) is 12.8 Å². The van der Waals surface area contributed by atoms with Crippen LogP contribution in [0, 0.1) is 5.92 Å². The van der Waals surface area contributed by atoms with Gasteiger partial charge in [0.2, 0.25) is 17.7 Å². The third-order valence-corrected chi connectivity index (χ3v) is 2.99. The van der Waals surface area contributed by atoms with E-state index in [4.69, 9.17) is 5.73 Å². The van der Waals surface area contributed by atoms with Crippen molar-refractivity contribution in [3.05, 3.63) is 24.3 Å². The summed E-state index contributed by atoms with van der Waals surface area (Å²) in [6, 6.07) is 6.86. The molecule has 1 aromatic carbocycles. The molecule has 0 bridgehead atoms. The zero-order valence-electron chi connectivity index (χ0n) is 11.9. The average molecular weight is 327 g/mol. The molecule has 0 unspecified atom stereocenters. The number of nitrogens with two attached hydrogens (primary N) is 1. The second-order valence-corrected chi connectivity index (χ2v) is 4.87. The van der Waals surface area contributed by atoms with Crippen molar-refractivity contribution in [2.24, 2.45) is 11.7 Å². The highest BCUT2D eigenvalue weighted by Crippen LogP contribution is 2.30. The number of rotatable bonds is 6. The molecular weight excluding hydrogens is 308 g/mol. The first kappa shape index (κ1) is 17.9. The summed E-state index contributed by atoms with van der Waals surface area (Å²) in [6.45, 7) is -0.301. The summed E-state index contributed by atoms with van der Waals surface area (Å²) >= 11 is 0. The number of carbonyl (C=O) groups is 3. The molecular formula is C14H19ClN4O3. The molecule has 1 saturated carbocycles. The normalized spacial score (nSPS) is 12.8. The Morgan fingerprint density at radius 1 is 1.09 bits per heavy atom. The molecule has 1 aliphatic carbocycles. The lowest BCUT2D eigenvalue weighted by Crippen LogP contribution is -2.36. The summed E-state index contributed by atoms with van der Waals surface area (Å²) < 4.78 is 0. The predicted octanol–water partition coefficient (Wildman–Crippen LogP) is 0.470. The van der Waals surface area contributed by atoms with Gasteiger partial charge in [0, 0.05) is 17.3 Å². The summed E-state index contributed by atoms with van der Waals surface area (Å²) in [7, 11) is 0. The van der Waals surface area contributed by atoms with Crippen molar-refractivity contribution in [2.75, 3.05) is 23.7 Å². The summed E-state index contributed by atoms with van der Waals surface area (Å²) in [5.41, 5.74) is 6.31. The molecule has 0 heterocycles. The largest absolute Gasteiger partial charge is 0.346 e. The fourth-order valence-corrected chi connectivity index (χ4v) is 1.72. The van der Waals surface area contributed by atoms with Crippen molar-refractivity contribution in [3.8, 4) is 0 Å². The van der Waals surface area contributed by atoms with Crippen LogP contribution in [0.4, 0.5) is 11.4 Å². The third-order valence-electron chi connectivity index (χ3n) is 2.99. The number of carbonyl (C=O) groups excluding carboxylic acids is 3. The molecule has 1 fully saturated rings. The van der Waals surface area contributed by atoms with Crippen molar-refractivity contribution in [2.45, 2.75) is 12.8 Å². The lowest BCUT2D eigenvalue weighted by atomic mass is 10.2. The average Bonchev–Trinajstić information content (AvgIpc) is 3.29. The highest BCUT2D eigenvalue weighted by molar-refractivity contribution is 5.97. The molecule has 0 atom stereocenters. The Labute approximate surface area is 134 Å². The van der Waals surface area contributed by atoms with Gasteiger partial charge in [-0.3, -0.25) is 14.4 Å². The van der Waals surface area contributed by atoms with Crippen LogP contribution >= 0.6 is 12.4 Å². The number of halogens is 1. The first-order chi connectivity index (χ1) is 10.1. The number of nitrogens with one attached hydrogen (secondary N) is 3. The van der Waals surface area contributed by atoms with Gasteiger partial charge in [-0.15, -0.1) is 12.4 Å². The van der Waals surface area contributed by atoms with Gasteiger partial charge in [0.05, 0.1) is 13.1 Å². The predicted molar refractivity (Wildman–Crippen MR) is 85.7 cm³/mol. The van der Waals surface area contributed by atoms with Crippen LogP contribution in [-0.2, 0) is 14.4 Å². The number of hydrogen-bond donors (Lipinski definition) is 4. The molecule has 0 radical (unpaired) electrons. The summed E-state index contributed by atoms with van der Waals surface area (Å²) in [5.74, 6) is -0.624. The molecule has 1 aliphatic rings. The fraction of sp³-hybridized carbons (Fsp3) is 0.357. The van der Waals surface area contributed by atoms with Gasteiger partial charge >= 0.3 is 0 Å². The van der Waals surface area contributed by atoms with Crippen LogP contribution in [0.25, 0.3) is 0 Å². The second kappa shape index (κ2) is 8.35. The van der Waals surface area contributed by atoms with E-state index in [9.17, 15) is 14.4 Å². The Balaban J connectivity index is 0.00000242. The molecule has 8 heteroatoms. The van der Waals surface area contributed by atoms with E-state index in [2.05, 4.69) is 16.0 Å². The number of anilines is 2. The molecule has 1 aromatic rings. The minimum Gasteiger partial charge on any atom is -0.346 e. The SMILES string of the molecule is Cl.NCC(=O)NCC(=O)Nc1cccc(NC(=O)C2CC2)c1. The number of hydrogen-bond acceptors (Lipinski definition) is 4. The molecule has 5 N–H and O–H groups in total. The quantitative estimate of drug-likeness (QED) is 0.608. The smallest absolute Gasteiger partial charge is 0.243 e. The number of amides is 3. The minimum absolute atomic E-state index is 0. The Hall–Kier alpha value is -2.12. The molecule has 0 aliphatic heterocycles. The molecule has 0 saturated heterocycles. The molecule has 0 spiro atoms. The second-order valence-electron chi connectivity index (χ2n) is 4.87. The summed E-state index contributed by atoms with van der Waals surface area (Å²) in [6.07, 6.45) is 1.87. The highest BCUT2D eigenvalue weighted by atomic mass is 35.5. The maximum atomic E-state index is 11.7. The van der Waals surface area contributed by atoms with Crippen molar-refractivity contribution in [1.82, 2.24) is 5.32 Å². The van der Waals surface area contributed by atoms with E-state index in [1.807, 2.05) is 0 Å². The topological polar surface area (TPSA) is 113 Å². The Kier molecular flexibility index (Phi) is 6.81. The Morgan fingerprint density at radius 2 is 1.73 bits per heavy atom. The molecule has 3 amide bonds. The summed E-state index contributed by atoms with van der Waals surface area (Å²) in [4.78, 5) is 34.2. The van der Waals surface area contributed by atoms with E-state index in [0.29, 0.717) is 11.4 Å². The van der Waals surface area contributed by atoms with Gasteiger partial charge in [0.15, 0.2) is 0 Å². The van der Waals surface area contributed by atoms with Gasteiger partial charge in [-0.05, 0) is 31.0 Å². The van der Waals surface area contributed by atoms with E-state index < -0.39 is 5.91 Å². The highest BCUT2D eigenvalue weighted by Gasteiger charge is 2.29. The van der Waals surface area contributed by atoms with Gasteiger partial charge < -0.3 is 21.7 Å². The zero-order valence-corrected chi connectivity index (χ0v) is 12.7. The van der Waals surface area contributed by atoms with Crippen LogP contribution in [0.15, 0.2) is 24.3 Å². The third kappa shape index (κ3) is 5.71. The summed E-state index contributed by atoms with van der Waals surface area (Å²) in [5, 5.41) is 7.81. The molecule has 0 aromatic heterocycles. The maximum absolute atomic E-state index is 11.7. The first-order valence-corrected chi connectivity index (χ1v) is 6.76. The first-order valence-electron chi connectivity index (χ1n) is 6.76. The molecule has 120 valence electrons. The standard InChI is InChI=1S/C14H18N4O3.ClH/c15-7-12(19)16-8-13(20)17-10-2-1-3-11(6-10)18-14(21)9-4-5-9;/h1-3,6,9H,4-5,7-8,15H2,(H,16,19)(H,17,20)(H,18,21);1H. The van der Waals surface area contributed by atoms with Crippen LogP contribution in [0.2, 0.25) is 0 Å². The van der Waals surface area contributed by atoms with E-state index in [1.165, 1.54) is 0 Å². The van der Waals surface area contributed by atoms with E-state index in [1.54, 1.807) is 24.3 Å². The van der Waals surface area contributed by atoms with Gasteiger partial charge in [0.1, 0.15) is 0 Å². The van der Waals surface area contributed by atoms with Crippen molar-refractivity contribution < 1.29 is 14.4 Å². The van der Waals surface area contributed by atoms with Crippen LogP contribution in [0.1, 0.15) is 12.8 Å². The monoisotopic (exact) mass is 326 g/mol. The van der Waals surface area contributed by atoms with Gasteiger partial charge in [0.25, 0.3) is 0 Å². The van der Waals surface area contributed by atoms with Crippen LogP contribution in [0.5, 0.6) is 0 Å². The molecule has 2 rings (SSSR count). The van der Waals surface area contributed by atoms with Crippen molar-refractivity contribution >= 4 is 41.5 Å². The maximum Gasteiger partial charge on any atom is 0.243 e. The number of benzene rings is 1. The van der Waals surface area contributed by atoms with Crippen molar-refractivity contribution in [1.29, 1.82) is 0 Å². The fourth-order valence-electron chi connectivity index (χ4n) is 1.72. The Morgan fingerprint density at radius 3 is 2.32 bits per heavy atom. The van der Waals surface area contributed by atoms with Crippen molar-refractivity contribution in [3.63, 3.8) is 0 Å². The van der Waals surface area contributed by atoms with Crippen LogP contribution < -0.4 is 21.7 Å².